The summed E-state index contributed by atoms with van der Waals surface area (Å²) in [5, 5.41) is 0. The lowest BCUT2D eigenvalue weighted by molar-refractivity contribution is -0.126. The molecule has 0 saturated carbocycles. The van der Waals surface area contributed by atoms with E-state index in [9.17, 15) is 9.59 Å². The number of benzene rings is 1. The van der Waals surface area contributed by atoms with Crippen LogP contribution in [0.3, 0.4) is 0 Å². The van der Waals surface area contributed by atoms with Gasteiger partial charge in [0.1, 0.15) is 12.4 Å². The highest BCUT2D eigenvalue weighted by atomic mass is 16.5. The van der Waals surface area contributed by atoms with Crippen LogP contribution in [0.4, 0.5) is 0 Å². The number of hydrazine groups is 1. The molecule has 0 spiro atoms. The van der Waals surface area contributed by atoms with Gasteiger partial charge in [-0.1, -0.05) is 0 Å². The molecule has 0 aromatic heterocycles. The maximum Gasteiger partial charge on any atom is 0.253 e. The number of amides is 2. The van der Waals surface area contributed by atoms with Gasteiger partial charge in [0.2, 0.25) is 5.91 Å². The molecule has 0 bridgehead atoms. The van der Waals surface area contributed by atoms with E-state index < -0.39 is 0 Å². The van der Waals surface area contributed by atoms with E-state index >= 15 is 0 Å². The third-order valence-corrected chi connectivity index (χ3v) is 3.88. The fourth-order valence-electron chi connectivity index (χ4n) is 2.61. The van der Waals surface area contributed by atoms with Gasteiger partial charge >= 0.3 is 0 Å². The van der Waals surface area contributed by atoms with Crippen LogP contribution >= 0.6 is 0 Å². The zero-order valence-electron chi connectivity index (χ0n) is 13.3. The maximum absolute atomic E-state index is 12.5. The van der Waals surface area contributed by atoms with Gasteiger partial charge in [-0.2, -0.15) is 0 Å². The van der Waals surface area contributed by atoms with Gasteiger partial charge in [0, 0.05) is 25.8 Å². The third kappa shape index (κ3) is 4.67. The van der Waals surface area contributed by atoms with E-state index in [1.807, 2.05) is 0 Å². The Balaban J connectivity index is 1.95. The summed E-state index contributed by atoms with van der Waals surface area (Å²) < 4.78 is 10.4. The van der Waals surface area contributed by atoms with Gasteiger partial charge in [0.15, 0.2) is 0 Å². The van der Waals surface area contributed by atoms with Crippen LogP contribution in [0.2, 0.25) is 0 Å². The Kier molecular flexibility index (Phi) is 6.37. The average Bonchev–Trinajstić information content (AvgIpc) is 2.61. The summed E-state index contributed by atoms with van der Waals surface area (Å²) in [4.78, 5) is 25.9. The second-order valence-corrected chi connectivity index (χ2v) is 5.46. The maximum atomic E-state index is 12.5. The Hall–Kier alpha value is -2.12. The monoisotopic (exact) mass is 321 g/mol. The van der Waals surface area contributed by atoms with Crippen molar-refractivity contribution in [3.8, 4) is 5.75 Å². The van der Waals surface area contributed by atoms with Crippen molar-refractivity contribution in [3.05, 3.63) is 29.8 Å². The topological polar surface area (TPSA) is 93.9 Å². The molecule has 1 heterocycles. The van der Waals surface area contributed by atoms with Crippen molar-refractivity contribution in [2.24, 2.45) is 11.8 Å². The summed E-state index contributed by atoms with van der Waals surface area (Å²) in [6.45, 7) is 2.03. The number of carbonyl (C=O) groups excluding carboxylic acids is 2. The van der Waals surface area contributed by atoms with Gasteiger partial charge < -0.3 is 14.4 Å². The predicted molar refractivity (Wildman–Crippen MR) is 84.8 cm³/mol. The molecule has 3 N–H and O–H groups in total. The van der Waals surface area contributed by atoms with Crippen LogP contribution in [0.15, 0.2) is 24.3 Å². The minimum absolute atomic E-state index is 0.0806. The largest absolute Gasteiger partial charge is 0.491 e. The average molecular weight is 321 g/mol. The Morgan fingerprint density at radius 3 is 2.70 bits per heavy atom. The van der Waals surface area contributed by atoms with E-state index in [1.165, 1.54) is 0 Å². The summed E-state index contributed by atoms with van der Waals surface area (Å²) in [5.74, 6) is 5.33. The molecule has 0 radical (unpaired) electrons. The summed E-state index contributed by atoms with van der Waals surface area (Å²) in [6.07, 6.45) is 1.54. The molecule has 2 amide bonds. The molecule has 7 nitrogen and oxygen atoms in total. The number of carbonyl (C=O) groups is 2. The zero-order valence-corrected chi connectivity index (χ0v) is 13.3. The summed E-state index contributed by atoms with van der Waals surface area (Å²) in [6, 6.07) is 6.99. The van der Waals surface area contributed by atoms with E-state index in [2.05, 4.69) is 5.43 Å². The predicted octanol–water partition coefficient (Wildman–Crippen LogP) is 0.554. The first-order chi connectivity index (χ1) is 11.2. The molecule has 1 aliphatic rings. The SMILES string of the molecule is COCCOc1ccc(C(=O)N2CCCC(C(=O)NN)C2)cc1. The molecule has 23 heavy (non-hydrogen) atoms. The lowest BCUT2D eigenvalue weighted by Crippen LogP contribution is -2.46. The van der Waals surface area contributed by atoms with Crippen LogP contribution in [0.5, 0.6) is 5.75 Å². The van der Waals surface area contributed by atoms with E-state index in [-0.39, 0.29) is 17.7 Å². The van der Waals surface area contributed by atoms with Gasteiger partial charge in [0.05, 0.1) is 12.5 Å². The van der Waals surface area contributed by atoms with Crippen molar-refractivity contribution < 1.29 is 19.1 Å². The van der Waals surface area contributed by atoms with Gasteiger partial charge in [-0.3, -0.25) is 15.0 Å². The number of rotatable bonds is 6. The highest BCUT2D eigenvalue weighted by Crippen LogP contribution is 2.20. The highest BCUT2D eigenvalue weighted by Gasteiger charge is 2.28. The number of hydrogen-bond donors (Lipinski definition) is 2. The highest BCUT2D eigenvalue weighted by molar-refractivity contribution is 5.94. The minimum Gasteiger partial charge on any atom is -0.491 e. The molecule has 126 valence electrons. The number of hydrogen-bond acceptors (Lipinski definition) is 5. The first kappa shape index (κ1) is 17.2. The van der Waals surface area contributed by atoms with Crippen LogP contribution in [0, 0.1) is 5.92 Å². The second-order valence-electron chi connectivity index (χ2n) is 5.46. The lowest BCUT2D eigenvalue weighted by Gasteiger charge is -2.31. The molecule has 2 rings (SSSR count). The molecule has 1 aromatic rings. The van der Waals surface area contributed by atoms with Gasteiger partial charge in [-0.15, -0.1) is 0 Å². The number of methoxy groups -OCH3 is 1. The Labute approximate surface area is 135 Å². The molecule has 0 aliphatic carbocycles. The minimum atomic E-state index is -0.241. The van der Waals surface area contributed by atoms with E-state index in [4.69, 9.17) is 15.3 Å². The number of nitrogens with zero attached hydrogens (tertiary/aromatic N) is 1. The van der Waals surface area contributed by atoms with Crippen LogP contribution in [-0.2, 0) is 9.53 Å². The molecule has 1 atom stereocenters. The van der Waals surface area contributed by atoms with Crippen molar-refractivity contribution in [3.63, 3.8) is 0 Å². The van der Waals surface area contributed by atoms with E-state index in [0.717, 1.165) is 12.8 Å². The molecule has 1 unspecified atom stereocenters. The molecule has 1 fully saturated rings. The quantitative estimate of drug-likeness (QED) is 0.345. The Morgan fingerprint density at radius 1 is 1.30 bits per heavy atom. The fourth-order valence-corrected chi connectivity index (χ4v) is 2.61. The number of nitrogens with one attached hydrogen (secondary N) is 1. The smallest absolute Gasteiger partial charge is 0.253 e. The molecular formula is C16H23N3O4. The number of nitrogens with two attached hydrogens (primary N) is 1. The van der Waals surface area contributed by atoms with Crippen molar-refractivity contribution in [1.29, 1.82) is 0 Å². The van der Waals surface area contributed by atoms with Gasteiger partial charge in [-0.05, 0) is 37.1 Å². The standard InChI is InChI=1S/C16H23N3O4/c1-22-9-10-23-14-6-4-12(5-7-14)16(21)19-8-2-3-13(11-19)15(20)18-17/h4-7,13H,2-3,8-11,17H2,1H3,(H,18,20). The zero-order chi connectivity index (χ0) is 16.7. The van der Waals surface area contributed by atoms with Crippen molar-refractivity contribution in [2.45, 2.75) is 12.8 Å². The van der Waals surface area contributed by atoms with Crippen LogP contribution in [-0.4, -0.2) is 50.1 Å². The second kappa shape index (κ2) is 8.50. The third-order valence-electron chi connectivity index (χ3n) is 3.88. The summed E-state index contributed by atoms with van der Waals surface area (Å²) in [7, 11) is 1.61. The number of piperidine rings is 1. The Bertz CT molecular complexity index is 533. The first-order valence-corrected chi connectivity index (χ1v) is 7.67. The lowest BCUT2D eigenvalue weighted by atomic mass is 9.97. The summed E-state index contributed by atoms with van der Waals surface area (Å²) in [5.41, 5.74) is 2.74. The van der Waals surface area contributed by atoms with E-state index in [0.29, 0.717) is 37.6 Å². The first-order valence-electron chi connectivity index (χ1n) is 7.67. The van der Waals surface area contributed by atoms with Crippen molar-refractivity contribution in [2.75, 3.05) is 33.4 Å². The molecule has 1 aliphatic heterocycles. The van der Waals surface area contributed by atoms with Crippen LogP contribution in [0.1, 0.15) is 23.2 Å². The van der Waals surface area contributed by atoms with Crippen LogP contribution < -0.4 is 16.0 Å². The number of likely N-dealkylation sites (tertiary alicyclic amines) is 1. The molecule has 1 saturated heterocycles. The summed E-state index contributed by atoms with van der Waals surface area (Å²) >= 11 is 0. The van der Waals surface area contributed by atoms with Gasteiger partial charge in [-0.25, -0.2) is 5.84 Å². The Morgan fingerprint density at radius 2 is 2.04 bits per heavy atom. The number of ether oxygens (including phenoxy) is 2. The molecule has 1 aromatic carbocycles. The van der Waals surface area contributed by atoms with E-state index in [1.54, 1.807) is 36.3 Å². The van der Waals surface area contributed by atoms with Gasteiger partial charge in [0.25, 0.3) is 5.91 Å². The normalized spacial score (nSPS) is 17.7. The van der Waals surface area contributed by atoms with Crippen molar-refractivity contribution in [1.82, 2.24) is 10.3 Å². The fraction of sp³-hybridized carbons (Fsp3) is 0.500. The molecular weight excluding hydrogens is 298 g/mol. The van der Waals surface area contributed by atoms with Crippen molar-refractivity contribution >= 4 is 11.8 Å². The molecule has 7 heteroatoms. The van der Waals surface area contributed by atoms with Crippen LogP contribution in [0.25, 0.3) is 0 Å².